The normalized spacial score (nSPS) is 10.9. The summed E-state index contributed by atoms with van der Waals surface area (Å²) in [6, 6.07) is 0. The van der Waals surface area contributed by atoms with E-state index in [4.69, 9.17) is 34.8 Å². The molecule has 5 heteroatoms. The van der Waals surface area contributed by atoms with Crippen LogP contribution in [0.3, 0.4) is 0 Å². The van der Waals surface area contributed by atoms with Gasteiger partial charge in [0.1, 0.15) is 6.61 Å². The average molecular weight is 232 g/mol. The van der Waals surface area contributed by atoms with Crippen molar-refractivity contribution in [2.75, 3.05) is 6.61 Å². The number of rotatable bonds is 4. The quantitative estimate of drug-likeness (QED) is 0.422. The Morgan fingerprint density at radius 3 is 2.50 bits per heavy atom. The van der Waals surface area contributed by atoms with Crippen molar-refractivity contribution in [2.24, 2.45) is 0 Å². The van der Waals surface area contributed by atoms with Gasteiger partial charge >= 0.3 is 5.97 Å². The van der Waals surface area contributed by atoms with E-state index in [0.717, 1.165) is 0 Å². The molecule has 0 radical (unpaired) electrons. The van der Waals surface area contributed by atoms with E-state index in [1.54, 1.807) is 6.08 Å². The van der Waals surface area contributed by atoms with Crippen molar-refractivity contribution in [3.63, 3.8) is 0 Å². The van der Waals surface area contributed by atoms with Gasteiger partial charge < -0.3 is 4.74 Å². The predicted molar refractivity (Wildman–Crippen MR) is 50.7 cm³/mol. The van der Waals surface area contributed by atoms with Crippen LogP contribution in [-0.2, 0) is 9.53 Å². The van der Waals surface area contributed by atoms with Crippen LogP contribution in [0.2, 0.25) is 0 Å². The first kappa shape index (κ1) is 12.1. The Bertz CT molecular complexity index is 163. The minimum atomic E-state index is -1.52. The van der Waals surface area contributed by atoms with Crippen LogP contribution < -0.4 is 0 Å². The van der Waals surface area contributed by atoms with Crippen molar-refractivity contribution in [2.45, 2.75) is 16.6 Å². The van der Waals surface area contributed by atoms with Crippen LogP contribution >= 0.6 is 34.8 Å². The predicted octanol–water partition coefficient (Wildman–Crippen LogP) is 2.87. The van der Waals surface area contributed by atoms with E-state index < -0.39 is 3.79 Å². The summed E-state index contributed by atoms with van der Waals surface area (Å²) in [5.41, 5.74) is 0. The van der Waals surface area contributed by atoms with Crippen molar-refractivity contribution in [1.82, 2.24) is 0 Å². The van der Waals surface area contributed by atoms with Crippen LogP contribution in [0.1, 0.15) is 12.8 Å². The summed E-state index contributed by atoms with van der Waals surface area (Å²) in [5.74, 6) is -0.388. The molecule has 0 N–H and O–H groups in total. The molecule has 0 spiro atoms. The molecule has 0 saturated carbocycles. The fourth-order valence-corrected chi connectivity index (χ4v) is 0.618. The molecule has 0 fully saturated rings. The molecular formula is C7H9Cl3O2. The number of ether oxygens (including phenoxy) is 1. The molecule has 0 atom stereocenters. The van der Waals surface area contributed by atoms with Crippen LogP contribution in [0.4, 0.5) is 0 Å². The summed E-state index contributed by atoms with van der Waals surface area (Å²) < 4.78 is 3.10. The molecule has 0 aliphatic heterocycles. The summed E-state index contributed by atoms with van der Waals surface area (Å²) in [6.07, 6.45) is 2.46. The fourth-order valence-electron chi connectivity index (χ4n) is 0.454. The molecule has 0 aromatic carbocycles. The van der Waals surface area contributed by atoms with Crippen molar-refractivity contribution >= 4 is 40.8 Å². The highest BCUT2D eigenvalue weighted by molar-refractivity contribution is 6.67. The van der Waals surface area contributed by atoms with E-state index in [1.165, 1.54) is 0 Å². The summed E-state index contributed by atoms with van der Waals surface area (Å²) >= 11 is 16.0. The molecule has 0 amide bonds. The van der Waals surface area contributed by atoms with Crippen LogP contribution in [0, 0.1) is 0 Å². The third kappa shape index (κ3) is 8.18. The molecule has 0 heterocycles. The Morgan fingerprint density at radius 1 is 1.50 bits per heavy atom. The highest BCUT2D eigenvalue weighted by Crippen LogP contribution is 2.25. The van der Waals surface area contributed by atoms with Crippen molar-refractivity contribution in [3.8, 4) is 0 Å². The third-order valence-corrected chi connectivity index (χ3v) is 1.28. The maximum atomic E-state index is 10.8. The monoisotopic (exact) mass is 230 g/mol. The number of allylic oxidation sites excluding steroid dienone is 1. The Morgan fingerprint density at radius 2 is 2.08 bits per heavy atom. The molecule has 0 aliphatic rings. The number of esters is 1. The Balaban J connectivity index is 3.51. The van der Waals surface area contributed by atoms with Crippen LogP contribution in [-0.4, -0.2) is 16.4 Å². The molecule has 0 aliphatic carbocycles. The van der Waals surface area contributed by atoms with E-state index in [-0.39, 0.29) is 19.0 Å². The highest BCUT2D eigenvalue weighted by atomic mass is 35.6. The van der Waals surface area contributed by atoms with Crippen LogP contribution in [0.25, 0.3) is 0 Å². The van der Waals surface area contributed by atoms with Gasteiger partial charge in [0, 0.05) is 6.42 Å². The third-order valence-electron chi connectivity index (χ3n) is 0.949. The smallest absolute Gasteiger partial charge is 0.306 e. The molecule has 0 bridgehead atoms. The fraction of sp³-hybridized carbons (Fsp3) is 0.571. The topological polar surface area (TPSA) is 26.3 Å². The highest BCUT2D eigenvalue weighted by Gasteiger charge is 2.21. The second-order valence-electron chi connectivity index (χ2n) is 2.10. The number of alkyl halides is 3. The summed E-state index contributed by atoms with van der Waals surface area (Å²) in [6.45, 7) is 3.24. The lowest BCUT2D eigenvalue weighted by Gasteiger charge is -2.10. The standard InChI is InChI=1S/C7H9Cl3O2/c1-2-3-4-6(11)12-5-7(8,9)10/h2H,1,3-5H2. The first-order chi connectivity index (χ1) is 5.45. The van der Waals surface area contributed by atoms with E-state index in [2.05, 4.69) is 11.3 Å². The summed E-state index contributed by atoms with van der Waals surface area (Å²) in [4.78, 5) is 10.8. The number of carbonyl (C=O) groups excluding carboxylic acids is 1. The molecule has 12 heavy (non-hydrogen) atoms. The van der Waals surface area contributed by atoms with E-state index in [9.17, 15) is 4.79 Å². The Kier molecular flexibility index (Phi) is 5.72. The zero-order chi connectivity index (χ0) is 9.61. The molecular weight excluding hydrogens is 222 g/mol. The zero-order valence-electron chi connectivity index (χ0n) is 6.36. The van der Waals surface area contributed by atoms with Gasteiger partial charge in [-0.2, -0.15) is 0 Å². The van der Waals surface area contributed by atoms with Crippen molar-refractivity contribution < 1.29 is 9.53 Å². The van der Waals surface area contributed by atoms with Gasteiger partial charge in [-0.3, -0.25) is 4.79 Å². The lowest BCUT2D eigenvalue weighted by molar-refractivity contribution is -0.143. The van der Waals surface area contributed by atoms with E-state index in [1.807, 2.05) is 0 Å². The Labute approximate surface area is 86.4 Å². The number of hydrogen-bond donors (Lipinski definition) is 0. The number of halogens is 3. The van der Waals surface area contributed by atoms with Gasteiger partial charge in [0.05, 0.1) is 0 Å². The SMILES string of the molecule is C=CCCC(=O)OCC(Cl)(Cl)Cl. The molecule has 0 rings (SSSR count). The maximum absolute atomic E-state index is 10.8. The largest absolute Gasteiger partial charge is 0.461 e. The Hall–Kier alpha value is 0.0800. The van der Waals surface area contributed by atoms with Gasteiger partial charge in [-0.15, -0.1) is 6.58 Å². The molecule has 0 saturated heterocycles. The molecule has 2 nitrogen and oxygen atoms in total. The van der Waals surface area contributed by atoms with E-state index in [0.29, 0.717) is 6.42 Å². The van der Waals surface area contributed by atoms with Gasteiger partial charge in [0.25, 0.3) is 0 Å². The molecule has 0 unspecified atom stereocenters. The van der Waals surface area contributed by atoms with Gasteiger partial charge in [-0.25, -0.2) is 0 Å². The summed E-state index contributed by atoms with van der Waals surface area (Å²) in [7, 11) is 0. The van der Waals surface area contributed by atoms with Gasteiger partial charge in [-0.1, -0.05) is 40.9 Å². The van der Waals surface area contributed by atoms with Crippen molar-refractivity contribution in [3.05, 3.63) is 12.7 Å². The average Bonchev–Trinajstić information content (AvgIpc) is 1.95. The maximum Gasteiger partial charge on any atom is 0.306 e. The molecule has 0 aromatic rings. The lowest BCUT2D eigenvalue weighted by atomic mass is 10.3. The van der Waals surface area contributed by atoms with Crippen molar-refractivity contribution in [1.29, 1.82) is 0 Å². The minimum absolute atomic E-state index is 0.215. The molecule has 70 valence electrons. The number of carbonyl (C=O) groups is 1. The van der Waals surface area contributed by atoms with Crippen LogP contribution in [0.15, 0.2) is 12.7 Å². The molecule has 0 aromatic heterocycles. The van der Waals surface area contributed by atoms with Gasteiger partial charge in [0.2, 0.25) is 3.79 Å². The zero-order valence-corrected chi connectivity index (χ0v) is 8.62. The first-order valence-corrected chi connectivity index (χ1v) is 4.42. The van der Waals surface area contributed by atoms with Gasteiger partial charge in [0.15, 0.2) is 0 Å². The number of hydrogen-bond acceptors (Lipinski definition) is 2. The summed E-state index contributed by atoms with van der Waals surface area (Å²) in [5, 5.41) is 0. The lowest BCUT2D eigenvalue weighted by Crippen LogP contribution is -2.16. The second kappa shape index (κ2) is 5.68. The van der Waals surface area contributed by atoms with Gasteiger partial charge in [-0.05, 0) is 6.42 Å². The minimum Gasteiger partial charge on any atom is -0.461 e. The second-order valence-corrected chi connectivity index (χ2v) is 4.62. The van der Waals surface area contributed by atoms with E-state index >= 15 is 0 Å². The van der Waals surface area contributed by atoms with Crippen LogP contribution in [0.5, 0.6) is 0 Å². The first-order valence-electron chi connectivity index (χ1n) is 3.29.